The van der Waals surface area contributed by atoms with Gasteiger partial charge in [0, 0.05) is 12.8 Å². The van der Waals surface area contributed by atoms with Gasteiger partial charge in [0.2, 0.25) is 5.60 Å². The molecule has 0 amide bonds. The van der Waals surface area contributed by atoms with Gasteiger partial charge in [0.15, 0.2) is 0 Å². The highest BCUT2D eigenvalue weighted by Crippen LogP contribution is 2.27. The minimum Gasteiger partial charge on any atom is -0.478 e. The Morgan fingerprint density at radius 3 is 1.97 bits per heavy atom. The predicted octanol–water partition coefficient (Wildman–Crippen LogP) is 6.71. The number of hydrogen-bond acceptors (Lipinski definition) is 3. The van der Waals surface area contributed by atoms with Crippen LogP contribution in [0.5, 0.6) is 0 Å². The number of esters is 1. The van der Waals surface area contributed by atoms with Gasteiger partial charge in [-0.1, -0.05) is 102 Å². The molecule has 0 bridgehead atoms. The summed E-state index contributed by atoms with van der Waals surface area (Å²) in [5.41, 5.74) is -0.582. The number of benzene rings is 1. The third-order valence-corrected chi connectivity index (χ3v) is 5.45. The molecule has 0 radical (unpaired) electrons. The summed E-state index contributed by atoms with van der Waals surface area (Å²) in [4.78, 5) is 24.7. The molecule has 1 aromatic carbocycles. The van der Waals surface area contributed by atoms with Crippen molar-refractivity contribution in [3.8, 4) is 0 Å². The number of ether oxygens (including phenoxy) is 1. The number of hydrogen-bond donors (Lipinski definition) is 1. The van der Waals surface area contributed by atoms with Crippen LogP contribution in [0, 0.1) is 0 Å². The first-order valence-corrected chi connectivity index (χ1v) is 11.5. The topological polar surface area (TPSA) is 63.6 Å². The molecule has 1 unspecified atom stereocenters. The van der Waals surface area contributed by atoms with Crippen LogP contribution in [0.2, 0.25) is 0 Å². The molecule has 0 aliphatic heterocycles. The molecule has 1 rings (SSSR count). The molecule has 1 atom stereocenters. The van der Waals surface area contributed by atoms with Crippen LogP contribution in [0.25, 0.3) is 0 Å². The van der Waals surface area contributed by atoms with E-state index in [4.69, 9.17) is 4.74 Å². The first-order valence-electron chi connectivity index (χ1n) is 11.5. The summed E-state index contributed by atoms with van der Waals surface area (Å²) in [5.74, 6) is -1.42. The number of carboxylic acid groups (broad SMARTS) is 1. The molecule has 0 spiro atoms. The van der Waals surface area contributed by atoms with E-state index < -0.39 is 11.6 Å². The summed E-state index contributed by atoms with van der Waals surface area (Å²) in [7, 11) is 0. The lowest BCUT2D eigenvalue weighted by atomic mass is 9.88. The fraction of sp³-hybridized carbons (Fsp3) is 0.680. The molecule has 0 aromatic heterocycles. The van der Waals surface area contributed by atoms with Gasteiger partial charge in [0.1, 0.15) is 0 Å². The van der Waals surface area contributed by atoms with Gasteiger partial charge >= 0.3 is 11.9 Å². The zero-order valence-electron chi connectivity index (χ0n) is 18.5. The third kappa shape index (κ3) is 10.5. The minimum atomic E-state index is -1.46. The summed E-state index contributed by atoms with van der Waals surface area (Å²) in [5, 5.41) is 10.0. The maximum absolute atomic E-state index is 12.5. The Kier molecular flexibility index (Phi) is 13.1. The SMILES string of the molecule is CCCCCCCCCC(=O)OC(CCCCCC)(Cc1ccccc1)C(=O)O. The Balaban J connectivity index is 2.65. The van der Waals surface area contributed by atoms with Crippen molar-refractivity contribution in [3.05, 3.63) is 35.9 Å². The van der Waals surface area contributed by atoms with E-state index in [1.165, 1.54) is 25.7 Å². The lowest BCUT2D eigenvalue weighted by Crippen LogP contribution is -2.45. The standard InChI is InChI=1S/C25H40O4/c1-3-5-7-9-10-11-15-19-23(26)29-25(24(27)28,20-16-8-6-4-2)21-22-17-13-12-14-18-22/h12-14,17-18H,3-11,15-16,19-21H2,1-2H3,(H,27,28). The maximum atomic E-state index is 12.5. The first-order chi connectivity index (χ1) is 14.0. The minimum absolute atomic E-state index is 0.220. The normalized spacial score (nSPS) is 13.0. The smallest absolute Gasteiger partial charge is 0.348 e. The highest BCUT2D eigenvalue weighted by Gasteiger charge is 2.42. The zero-order valence-corrected chi connectivity index (χ0v) is 18.5. The second-order valence-electron chi connectivity index (χ2n) is 8.12. The summed E-state index contributed by atoms with van der Waals surface area (Å²) < 4.78 is 5.69. The van der Waals surface area contributed by atoms with Crippen LogP contribution in [0.3, 0.4) is 0 Å². The summed E-state index contributed by atoms with van der Waals surface area (Å²) >= 11 is 0. The third-order valence-electron chi connectivity index (χ3n) is 5.45. The Morgan fingerprint density at radius 2 is 1.38 bits per heavy atom. The molecule has 4 heteroatoms. The lowest BCUT2D eigenvalue weighted by molar-refractivity contribution is -0.180. The Bertz CT molecular complexity index is 569. The molecule has 0 heterocycles. The van der Waals surface area contributed by atoms with Gasteiger partial charge in [0.25, 0.3) is 0 Å². The van der Waals surface area contributed by atoms with Gasteiger partial charge in [-0.3, -0.25) is 4.79 Å². The molecule has 0 aliphatic rings. The number of carbonyl (C=O) groups excluding carboxylic acids is 1. The van der Waals surface area contributed by atoms with Crippen molar-refractivity contribution in [1.29, 1.82) is 0 Å². The van der Waals surface area contributed by atoms with Crippen molar-refractivity contribution < 1.29 is 19.4 Å². The highest BCUT2D eigenvalue weighted by atomic mass is 16.6. The molecule has 0 fully saturated rings. The highest BCUT2D eigenvalue weighted by molar-refractivity contribution is 5.82. The van der Waals surface area contributed by atoms with Crippen molar-refractivity contribution in [2.24, 2.45) is 0 Å². The fourth-order valence-corrected chi connectivity index (χ4v) is 3.66. The van der Waals surface area contributed by atoms with Crippen LogP contribution in [0.1, 0.15) is 103 Å². The summed E-state index contributed by atoms with van der Waals surface area (Å²) in [6, 6.07) is 9.47. The van der Waals surface area contributed by atoms with Gasteiger partial charge in [0.05, 0.1) is 0 Å². The molecule has 0 saturated carbocycles. The molecular weight excluding hydrogens is 364 g/mol. The second-order valence-corrected chi connectivity index (χ2v) is 8.12. The maximum Gasteiger partial charge on any atom is 0.348 e. The van der Waals surface area contributed by atoms with Crippen molar-refractivity contribution in [1.82, 2.24) is 0 Å². The van der Waals surface area contributed by atoms with Crippen molar-refractivity contribution >= 4 is 11.9 Å². The van der Waals surface area contributed by atoms with Crippen molar-refractivity contribution in [2.45, 2.75) is 109 Å². The predicted molar refractivity (Wildman–Crippen MR) is 118 cm³/mol. The number of carboxylic acids is 1. The van der Waals surface area contributed by atoms with E-state index in [2.05, 4.69) is 13.8 Å². The van der Waals surface area contributed by atoms with E-state index in [9.17, 15) is 14.7 Å². The largest absolute Gasteiger partial charge is 0.478 e. The van der Waals surface area contributed by atoms with Crippen LogP contribution >= 0.6 is 0 Å². The van der Waals surface area contributed by atoms with Crippen LogP contribution in [0.4, 0.5) is 0 Å². The van der Waals surface area contributed by atoms with Gasteiger partial charge in [-0.15, -0.1) is 0 Å². The summed E-state index contributed by atoms with van der Waals surface area (Å²) in [6.07, 6.45) is 12.5. The Labute approximate surface area is 177 Å². The molecule has 1 N–H and O–H groups in total. The number of aliphatic carboxylic acids is 1. The quantitative estimate of drug-likeness (QED) is 0.231. The Morgan fingerprint density at radius 1 is 0.828 bits per heavy atom. The Hall–Kier alpha value is -1.84. The van der Waals surface area contributed by atoms with Crippen LogP contribution in [-0.4, -0.2) is 22.6 Å². The van der Waals surface area contributed by atoms with Gasteiger partial charge in [-0.2, -0.15) is 0 Å². The molecule has 164 valence electrons. The van der Waals surface area contributed by atoms with Crippen LogP contribution < -0.4 is 0 Å². The number of unbranched alkanes of at least 4 members (excludes halogenated alkanes) is 9. The molecule has 0 saturated heterocycles. The van der Waals surface area contributed by atoms with Crippen LogP contribution in [0.15, 0.2) is 30.3 Å². The molecule has 0 aliphatic carbocycles. The monoisotopic (exact) mass is 404 g/mol. The van der Waals surface area contributed by atoms with E-state index in [0.29, 0.717) is 12.8 Å². The second kappa shape index (κ2) is 15.1. The zero-order chi connectivity index (χ0) is 21.4. The van der Waals surface area contributed by atoms with E-state index >= 15 is 0 Å². The summed E-state index contributed by atoms with van der Waals surface area (Å²) in [6.45, 7) is 4.32. The van der Waals surface area contributed by atoms with Crippen molar-refractivity contribution in [2.75, 3.05) is 0 Å². The fourth-order valence-electron chi connectivity index (χ4n) is 3.66. The van der Waals surface area contributed by atoms with E-state index in [1.807, 2.05) is 30.3 Å². The average Bonchev–Trinajstić information content (AvgIpc) is 2.71. The van der Waals surface area contributed by atoms with E-state index in [1.54, 1.807) is 0 Å². The van der Waals surface area contributed by atoms with Gasteiger partial charge < -0.3 is 9.84 Å². The lowest BCUT2D eigenvalue weighted by Gasteiger charge is -2.30. The van der Waals surface area contributed by atoms with E-state index in [0.717, 1.165) is 50.5 Å². The molecule has 29 heavy (non-hydrogen) atoms. The first kappa shape index (κ1) is 25.2. The van der Waals surface area contributed by atoms with Crippen LogP contribution in [-0.2, 0) is 20.7 Å². The van der Waals surface area contributed by atoms with Crippen molar-refractivity contribution in [3.63, 3.8) is 0 Å². The molecule has 1 aromatic rings. The molecular formula is C25H40O4. The van der Waals surface area contributed by atoms with Gasteiger partial charge in [-0.05, 0) is 24.8 Å². The number of rotatable bonds is 17. The van der Waals surface area contributed by atoms with Gasteiger partial charge in [-0.25, -0.2) is 4.79 Å². The molecule has 4 nitrogen and oxygen atoms in total. The van der Waals surface area contributed by atoms with E-state index in [-0.39, 0.29) is 12.4 Å². The number of carbonyl (C=O) groups is 2. The average molecular weight is 405 g/mol.